The summed E-state index contributed by atoms with van der Waals surface area (Å²) in [6.45, 7) is 2.06. The zero-order valence-electron chi connectivity index (χ0n) is 9.80. The van der Waals surface area contributed by atoms with Gasteiger partial charge < -0.3 is 21.3 Å². The molecule has 0 saturated heterocycles. The van der Waals surface area contributed by atoms with E-state index in [9.17, 15) is 4.79 Å². The SMILES string of the molecule is Cc1nc(CNc2cc(C(N)=O)ccc2N)no1. The Morgan fingerprint density at radius 1 is 1.50 bits per heavy atom. The fourth-order valence-corrected chi connectivity index (χ4v) is 1.45. The quantitative estimate of drug-likeness (QED) is 0.683. The Hall–Kier alpha value is -2.57. The normalized spacial score (nSPS) is 10.3. The number of benzene rings is 1. The number of nitrogen functional groups attached to an aromatic ring is 1. The van der Waals surface area contributed by atoms with Crippen LogP contribution in [0.5, 0.6) is 0 Å². The predicted molar refractivity (Wildman–Crippen MR) is 65.7 cm³/mol. The molecule has 1 amide bonds. The third-order valence-corrected chi connectivity index (χ3v) is 2.34. The van der Waals surface area contributed by atoms with Crippen molar-refractivity contribution in [3.63, 3.8) is 0 Å². The molecule has 0 radical (unpaired) electrons. The lowest BCUT2D eigenvalue weighted by Gasteiger charge is -2.08. The molecule has 1 aromatic carbocycles. The number of hydrogen-bond donors (Lipinski definition) is 3. The number of aryl methyl sites for hydroxylation is 1. The van der Waals surface area contributed by atoms with Gasteiger partial charge in [0.1, 0.15) is 0 Å². The number of carbonyl (C=O) groups excluding carboxylic acids is 1. The number of rotatable bonds is 4. The first kappa shape index (κ1) is 11.9. The number of anilines is 2. The minimum atomic E-state index is -0.506. The smallest absolute Gasteiger partial charge is 0.248 e. The molecule has 0 atom stereocenters. The van der Waals surface area contributed by atoms with Crippen molar-refractivity contribution in [2.45, 2.75) is 13.5 Å². The molecule has 0 aliphatic carbocycles. The van der Waals surface area contributed by atoms with E-state index < -0.39 is 5.91 Å². The Labute approximate surface area is 103 Å². The second kappa shape index (κ2) is 4.74. The Morgan fingerprint density at radius 2 is 2.28 bits per heavy atom. The average Bonchev–Trinajstić information content (AvgIpc) is 2.74. The van der Waals surface area contributed by atoms with Gasteiger partial charge in [-0.2, -0.15) is 4.98 Å². The highest BCUT2D eigenvalue weighted by Gasteiger charge is 2.07. The second-order valence-electron chi connectivity index (χ2n) is 3.75. The first-order chi connectivity index (χ1) is 8.56. The number of nitrogens with two attached hydrogens (primary N) is 2. The molecule has 7 heteroatoms. The van der Waals surface area contributed by atoms with Gasteiger partial charge in [-0.15, -0.1) is 0 Å². The maximum absolute atomic E-state index is 11.1. The molecule has 0 spiro atoms. The number of carbonyl (C=O) groups is 1. The molecule has 0 fully saturated rings. The van der Waals surface area contributed by atoms with Gasteiger partial charge in [0.05, 0.1) is 17.9 Å². The maximum Gasteiger partial charge on any atom is 0.248 e. The molecular formula is C11H13N5O2. The maximum atomic E-state index is 11.1. The predicted octanol–water partition coefficient (Wildman–Crippen LogP) is 0.671. The first-order valence-electron chi connectivity index (χ1n) is 5.28. The first-order valence-corrected chi connectivity index (χ1v) is 5.28. The summed E-state index contributed by atoms with van der Waals surface area (Å²) in [7, 11) is 0. The zero-order chi connectivity index (χ0) is 13.1. The van der Waals surface area contributed by atoms with Crippen LogP contribution in [0, 0.1) is 6.92 Å². The van der Waals surface area contributed by atoms with Crippen LogP contribution in [0.25, 0.3) is 0 Å². The van der Waals surface area contributed by atoms with Crippen molar-refractivity contribution in [2.75, 3.05) is 11.1 Å². The Kier molecular flexibility index (Phi) is 3.13. The third-order valence-electron chi connectivity index (χ3n) is 2.34. The Bertz CT molecular complexity index is 579. The van der Waals surface area contributed by atoms with Gasteiger partial charge in [0.15, 0.2) is 5.82 Å². The van der Waals surface area contributed by atoms with Crippen LogP contribution in [0.1, 0.15) is 22.1 Å². The summed E-state index contributed by atoms with van der Waals surface area (Å²) in [6, 6.07) is 4.77. The van der Waals surface area contributed by atoms with Crippen molar-refractivity contribution in [3.8, 4) is 0 Å². The van der Waals surface area contributed by atoms with Crippen molar-refractivity contribution in [1.82, 2.24) is 10.1 Å². The number of nitrogens with one attached hydrogen (secondary N) is 1. The highest BCUT2D eigenvalue weighted by atomic mass is 16.5. The summed E-state index contributed by atoms with van der Waals surface area (Å²) >= 11 is 0. The monoisotopic (exact) mass is 247 g/mol. The summed E-state index contributed by atoms with van der Waals surface area (Å²) < 4.78 is 4.84. The number of hydrogen-bond acceptors (Lipinski definition) is 6. The summed E-state index contributed by atoms with van der Waals surface area (Å²) in [5.41, 5.74) is 12.5. The standard InChI is InChI=1S/C11H13N5O2/c1-6-15-10(16-18-6)5-14-9-4-7(11(13)17)2-3-8(9)12/h2-4,14H,5,12H2,1H3,(H2,13,17). The van der Waals surface area contributed by atoms with E-state index in [2.05, 4.69) is 15.5 Å². The van der Waals surface area contributed by atoms with E-state index >= 15 is 0 Å². The highest BCUT2D eigenvalue weighted by molar-refractivity contribution is 5.94. The van der Waals surface area contributed by atoms with E-state index in [1.165, 1.54) is 0 Å². The van der Waals surface area contributed by atoms with E-state index in [1.54, 1.807) is 25.1 Å². The van der Waals surface area contributed by atoms with Crippen molar-refractivity contribution in [2.24, 2.45) is 5.73 Å². The van der Waals surface area contributed by atoms with Gasteiger partial charge in [0.25, 0.3) is 0 Å². The van der Waals surface area contributed by atoms with Crippen LogP contribution in [0.15, 0.2) is 22.7 Å². The van der Waals surface area contributed by atoms with Crippen LogP contribution in [0.4, 0.5) is 11.4 Å². The molecule has 18 heavy (non-hydrogen) atoms. The summed E-state index contributed by atoms with van der Waals surface area (Å²) in [5, 5.41) is 6.76. The van der Waals surface area contributed by atoms with Gasteiger partial charge in [-0.25, -0.2) is 0 Å². The van der Waals surface area contributed by atoms with Gasteiger partial charge in [0.2, 0.25) is 11.8 Å². The molecule has 1 heterocycles. The van der Waals surface area contributed by atoms with Gasteiger partial charge in [-0.05, 0) is 18.2 Å². The van der Waals surface area contributed by atoms with Crippen LogP contribution < -0.4 is 16.8 Å². The lowest BCUT2D eigenvalue weighted by molar-refractivity contribution is 0.100. The fraction of sp³-hybridized carbons (Fsp3) is 0.182. The van der Waals surface area contributed by atoms with Crippen molar-refractivity contribution >= 4 is 17.3 Å². The molecule has 0 saturated carbocycles. The van der Waals surface area contributed by atoms with E-state index in [0.29, 0.717) is 35.2 Å². The fourth-order valence-electron chi connectivity index (χ4n) is 1.45. The summed E-state index contributed by atoms with van der Waals surface area (Å²) in [5.74, 6) is 0.496. The lowest BCUT2D eigenvalue weighted by atomic mass is 10.1. The van der Waals surface area contributed by atoms with Gasteiger partial charge in [0, 0.05) is 12.5 Å². The van der Waals surface area contributed by atoms with Crippen LogP contribution >= 0.6 is 0 Å². The molecule has 2 aromatic rings. The Morgan fingerprint density at radius 3 is 2.89 bits per heavy atom. The number of aromatic nitrogens is 2. The molecular weight excluding hydrogens is 234 g/mol. The second-order valence-corrected chi connectivity index (χ2v) is 3.75. The molecule has 0 bridgehead atoms. The Balaban J connectivity index is 2.13. The van der Waals surface area contributed by atoms with E-state index in [1.807, 2.05) is 0 Å². The molecule has 0 aliphatic heterocycles. The van der Waals surface area contributed by atoms with Crippen LogP contribution in [-0.4, -0.2) is 16.0 Å². The topological polar surface area (TPSA) is 120 Å². The minimum Gasteiger partial charge on any atom is -0.397 e. The van der Waals surface area contributed by atoms with Crippen LogP contribution in [-0.2, 0) is 6.54 Å². The minimum absolute atomic E-state index is 0.351. The summed E-state index contributed by atoms with van der Waals surface area (Å²) in [4.78, 5) is 15.1. The highest BCUT2D eigenvalue weighted by Crippen LogP contribution is 2.20. The van der Waals surface area contributed by atoms with Crippen LogP contribution in [0.3, 0.4) is 0 Å². The molecule has 94 valence electrons. The zero-order valence-corrected chi connectivity index (χ0v) is 9.80. The van der Waals surface area contributed by atoms with E-state index in [-0.39, 0.29) is 0 Å². The number of primary amides is 1. The summed E-state index contributed by atoms with van der Waals surface area (Å²) in [6.07, 6.45) is 0. The largest absolute Gasteiger partial charge is 0.397 e. The average molecular weight is 247 g/mol. The van der Waals surface area contributed by atoms with E-state index in [4.69, 9.17) is 16.0 Å². The van der Waals surface area contributed by atoms with Crippen molar-refractivity contribution in [3.05, 3.63) is 35.5 Å². The molecule has 1 aromatic heterocycles. The molecule has 5 N–H and O–H groups in total. The van der Waals surface area contributed by atoms with Gasteiger partial charge in [-0.1, -0.05) is 5.16 Å². The lowest BCUT2D eigenvalue weighted by Crippen LogP contribution is -2.12. The molecule has 7 nitrogen and oxygen atoms in total. The molecule has 0 unspecified atom stereocenters. The molecule has 2 rings (SSSR count). The van der Waals surface area contributed by atoms with Crippen LogP contribution in [0.2, 0.25) is 0 Å². The van der Waals surface area contributed by atoms with Crippen molar-refractivity contribution < 1.29 is 9.32 Å². The number of amides is 1. The third kappa shape index (κ3) is 2.57. The van der Waals surface area contributed by atoms with Crippen molar-refractivity contribution in [1.29, 1.82) is 0 Å². The van der Waals surface area contributed by atoms with Gasteiger partial charge in [-0.3, -0.25) is 4.79 Å². The van der Waals surface area contributed by atoms with Gasteiger partial charge >= 0.3 is 0 Å². The van der Waals surface area contributed by atoms with E-state index in [0.717, 1.165) is 0 Å². The number of nitrogens with zero attached hydrogens (tertiary/aromatic N) is 2. The molecule has 0 aliphatic rings.